The molecule has 7 nitrogen and oxygen atoms in total. The number of nitrogens with zero attached hydrogens (tertiary/aromatic N) is 4. The van der Waals surface area contributed by atoms with Crippen molar-refractivity contribution in [1.82, 2.24) is 25.2 Å². The molecule has 0 saturated carbocycles. The first-order chi connectivity index (χ1) is 8.79. The number of hydrogen-bond acceptors (Lipinski definition) is 5. The highest BCUT2D eigenvalue weighted by Gasteiger charge is 2.26. The third-order valence-corrected chi connectivity index (χ3v) is 2.96. The van der Waals surface area contributed by atoms with Crippen LogP contribution >= 0.6 is 0 Å². The minimum Gasteiger partial charge on any atom is -0.450 e. The van der Waals surface area contributed by atoms with Crippen molar-refractivity contribution in [3.63, 3.8) is 0 Å². The quantitative estimate of drug-likeness (QED) is 0.805. The van der Waals surface area contributed by atoms with Crippen molar-refractivity contribution in [2.45, 2.75) is 25.9 Å². The van der Waals surface area contributed by atoms with Gasteiger partial charge in [-0.2, -0.15) is 0 Å². The molecule has 0 aliphatic carbocycles. The molecule has 100 valence electrons. The summed E-state index contributed by atoms with van der Waals surface area (Å²) < 4.78 is 6.76. The van der Waals surface area contributed by atoms with Crippen molar-refractivity contribution in [3.8, 4) is 0 Å². The first-order valence-electron chi connectivity index (χ1n) is 6.28. The predicted molar refractivity (Wildman–Crippen MR) is 65.0 cm³/mol. The lowest BCUT2D eigenvalue weighted by molar-refractivity contribution is 0.115. The molecule has 1 aliphatic heterocycles. The standard InChI is InChI=1S/C11H19N5O2/c1-2-18-11(17)15-6-3-10(9-15)12-4-7-16-8-5-13-14-16/h5,8,10,12H,2-4,6-7,9H2,1H3/t10-/m1/s1. The zero-order chi connectivity index (χ0) is 12.8. The minimum absolute atomic E-state index is 0.210. The van der Waals surface area contributed by atoms with Gasteiger partial charge in [0.2, 0.25) is 0 Å². The summed E-state index contributed by atoms with van der Waals surface area (Å²) in [5.41, 5.74) is 0. The van der Waals surface area contributed by atoms with Crippen LogP contribution in [0.4, 0.5) is 4.79 Å². The van der Waals surface area contributed by atoms with Gasteiger partial charge >= 0.3 is 6.09 Å². The Bertz CT molecular complexity index is 368. The molecule has 7 heteroatoms. The van der Waals surface area contributed by atoms with Gasteiger partial charge in [-0.05, 0) is 13.3 Å². The van der Waals surface area contributed by atoms with E-state index in [0.717, 1.165) is 32.6 Å². The maximum absolute atomic E-state index is 11.5. The Morgan fingerprint density at radius 2 is 2.50 bits per heavy atom. The number of amides is 1. The zero-order valence-corrected chi connectivity index (χ0v) is 10.6. The summed E-state index contributed by atoms with van der Waals surface area (Å²) in [7, 11) is 0. The van der Waals surface area contributed by atoms with Gasteiger partial charge < -0.3 is 15.0 Å². The van der Waals surface area contributed by atoms with Gasteiger partial charge in [0.1, 0.15) is 0 Å². The number of hydrogen-bond donors (Lipinski definition) is 1. The Balaban J connectivity index is 1.65. The van der Waals surface area contributed by atoms with Gasteiger partial charge in [-0.15, -0.1) is 5.10 Å². The molecule has 1 amide bonds. The van der Waals surface area contributed by atoms with Crippen LogP contribution in [0.15, 0.2) is 12.4 Å². The fourth-order valence-electron chi connectivity index (χ4n) is 2.04. The lowest BCUT2D eigenvalue weighted by Crippen LogP contribution is -2.36. The second kappa shape index (κ2) is 6.34. The molecule has 0 unspecified atom stereocenters. The first-order valence-corrected chi connectivity index (χ1v) is 6.28. The summed E-state index contributed by atoms with van der Waals surface area (Å²) in [6.07, 6.45) is 4.26. The molecular weight excluding hydrogens is 234 g/mol. The highest BCUT2D eigenvalue weighted by molar-refractivity contribution is 5.68. The van der Waals surface area contributed by atoms with E-state index in [1.54, 1.807) is 15.8 Å². The molecule has 1 saturated heterocycles. The Kier molecular flexibility index (Phi) is 4.52. The van der Waals surface area contributed by atoms with E-state index < -0.39 is 0 Å². The van der Waals surface area contributed by atoms with Crippen LogP contribution in [0, 0.1) is 0 Å². The Labute approximate surface area is 106 Å². The highest BCUT2D eigenvalue weighted by atomic mass is 16.6. The molecule has 1 N–H and O–H groups in total. The van der Waals surface area contributed by atoms with E-state index in [0.29, 0.717) is 12.6 Å². The van der Waals surface area contributed by atoms with Crippen molar-refractivity contribution in [2.24, 2.45) is 0 Å². The number of likely N-dealkylation sites (tertiary alicyclic amines) is 1. The largest absolute Gasteiger partial charge is 0.450 e. The zero-order valence-electron chi connectivity index (χ0n) is 10.6. The molecule has 1 atom stereocenters. The average Bonchev–Trinajstić information content (AvgIpc) is 3.00. The van der Waals surface area contributed by atoms with Gasteiger partial charge in [0.25, 0.3) is 0 Å². The number of aromatic nitrogens is 3. The molecule has 2 heterocycles. The lowest BCUT2D eigenvalue weighted by atomic mass is 10.2. The monoisotopic (exact) mass is 253 g/mol. The molecule has 1 aromatic heterocycles. The summed E-state index contributed by atoms with van der Waals surface area (Å²) >= 11 is 0. The smallest absolute Gasteiger partial charge is 0.409 e. The third kappa shape index (κ3) is 3.43. The van der Waals surface area contributed by atoms with Crippen LogP contribution in [-0.4, -0.2) is 58.3 Å². The Hall–Kier alpha value is -1.63. The van der Waals surface area contributed by atoms with E-state index >= 15 is 0 Å². The number of carbonyl (C=O) groups excluding carboxylic acids is 1. The molecule has 18 heavy (non-hydrogen) atoms. The average molecular weight is 253 g/mol. The van der Waals surface area contributed by atoms with Crippen LogP contribution in [0.1, 0.15) is 13.3 Å². The van der Waals surface area contributed by atoms with E-state index in [9.17, 15) is 4.79 Å². The topological polar surface area (TPSA) is 72.3 Å². The van der Waals surface area contributed by atoms with Crippen LogP contribution in [0.5, 0.6) is 0 Å². The van der Waals surface area contributed by atoms with Crippen LogP contribution in [0.3, 0.4) is 0 Å². The number of carbonyl (C=O) groups is 1. The molecule has 1 aromatic rings. The minimum atomic E-state index is -0.210. The number of ether oxygens (including phenoxy) is 1. The highest BCUT2D eigenvalue weighted by Crippen LogP contribution is 2.10. The normalized spacial score (nSPS) is 19.2. The summed E-state index contributed by atoms with van der Waals surface area (Å²) in [6.45, 7) is 5.35. The van der Waals surface area contributed by atoms with E-state index in [-0.39, 0.29) is 6.09 Å². The van der Waals surface area contributed by atoms with Crippen molar-refractivity contribution < 1.29 is 9.53 Å². The van der Waals surface area contributed by atoms with E-state index in [4.69, 9.17) is 4.74 Å². The van der Waals surface area contributed by atoms with Crippen LogP contribution in [-0.2, 0) is 11.3 Å². The van der Waals surface area contributed by atoms with Crippen LogP contribution in [0.25, 0.3) is 0 Å². The van der Waals surface area contributed by atoms with Crippen LogP contribution < -0.4 is 5.32 Å². The second-order valence-corrected chi connectivity index (χ2v) is 4.25. The second-order valence-electron chi connectivity index (χ2n) is 4.25. The van der Waals surface area contributed by atoms with Gasteiger partial charge in [0.15, 0.2) is 0 Å². The Morgan fingerprint density at radius 1 is 1.61 bits per heavy atom. The van der Waals surface area contributed by atoms with Crippen molar-refractivity contribution >= 4 is 6.09 Å². The molecule has 0 aromatic carbocycles. The van der Waals surface area contributed by atoms with Gasteiger partial charge in [-0.1, -0.05) is 5.21 Å². The number of rotatable bonds is 5. The summed E-state index contributed by atoms with van der Waals surface area (Å²) in [5.74, 6) is 0. The van der Waals surface area contributed by atoms with E-state index in [1.165, 1.54) is 0 Å². The fourth-order valence-corrected chi connectivity index (χ4v) is 2.04. The van der Waals surface area contributed by atoms with Crippen molar-refractivity contribution in [2.75, 3.05) is 26.2 Å². The van der Waals surface area contributed by atoms with Crippen LogP contribution in [0.2, 0.25) is 0 Å². The number of nitrogens with one attached hydrogen (secondary N) is 1. The van der Waals surface area contributed by atoms with Gasteiger partial charge in [0, 0.05) is 31.9 Å². The van der Waals surface area contributed by atoms with Crippen molar-refractivity contribution in [1.29, 1.82) is 0 Å². The first kappa shape index (κ1) is 12.8. The molecule has 1 aliphatic rings. The summed E-state index contributed by atoms with van der Waals surface area (Å²) in [5, 5.41) is 11.0. The molecule has 0 radical (unpaired) electrons. The molecule has 0 bridgehead atoms. The fraction of sp³-hybridized carbons (Fsp3) is 0.727. The molecule has 2 rings (SSSR count). The molecule has 0 spiro atoms. The summed E-state index contributed by atoms with van der Waals surface area (Å²) in [4.78, 5) is 13.3. The van der Waals surface area contributed by atoms with Gasteiger partial charge in [0.05, 0.1) is 19.3 Å². The molecular formula is C11H19N5O2. The molecule has 1 fully saturated rings. The predicted octanol–water partition coefficient (Wildman–Crippen LogP) is 0.0985. The Morgan fingerprint density at radius 3 is 3.22 bits per heavy atom. The maximum Gasteiger partial charge on any atom is 0.409 e. The maximum atomic E-state index is 11.5. The van der Waals surface area contributed by atoms with E-state index in [1.807, 2.05) is 13.1 Å². The van der Waals surface area contributed by atoms with E-state index in [2.05, 4.69) is 15.6 Å². The third-order valence-electron chi connectivity index (χ3n) is 2.96. The SMILES string of the molecule is CCOC(=O)N1CC[C@@H](NCCn2ccnn2)C1. The lowest BCUT2D eigenvalue weighted by Gasteiger charge is -2.16. The summed E-state index contributed by atoms with van der Waals surface area (Å²) in [6, 6.07) is 0.345. The van der Waals surface area contributed by atoms with Crippen molar-refractivity contribution in [3.05, 3.63) is 12.4 Å². The van der Waals surface area contributed by atoms with Gasteiger partial charge in [-0.25, -0.2) is 4.79 Å². The van der Waals surface area contributed by atoms with Gasteiger partial charge in [-0.3, -0.25) is 4.68 Å².